The summed E-state index contributed by atoms with van der Waals surface area (Å²) in [5.41, 5.74) is 5.87. The first-order valence-corrected chi connectivity index (χ1v) is 15.1. The van der Waals surface area contributed by atoms with Crippen LogP contribution in [-0.2, 0) is 24.2 Å². The Morgan fingerprint density at radius 1 is 1.00 bits per heavy atom. The molecule has 0 bridgehead atoms. The highest BCUT2D eigenvalue weighted by Crippen LogP contribution is 2.39. The zero-order valence-corrected chi connectivity index (χ0v) is 24.3. The monoisotopic (exact) mass is 579 g/mol. The second-order valence-corrected chi connectivity index (χ2v) is 12.2. The summed E-state index contributed by atoms with van der Waals surface area (Å²) in [6.07, 6.45) is 6.46. The van der Waals surface area contributed by atoms with Gasteiger partial charge in [0.2, 0.25) is 0 Å². The minimum atomic E-state index is -0.719. The standard InChI is InChI=1S/C33H35Cl2NO4/c1-2-31(22-8-11-28(34)29(35)16-22)40-27-9-6-20(7-10-27)21-12-13-39-32-18-23-17-30(33(37)38)36(26-4-3-5-26)19-25(23)15-24(32)14-21/h6-11,15-16,18,21,26,30-31H,2-5,12-14,17,19H2,1H3,(H,37,38)/t21-,30+,31-/m1/s1. The number of hydrogen-bond acceptors (Lipinski definition) is 4. The van der Waals surface area contributed by atoms with Crippen LogP contribution in [0, 0.1) is 0 Å². The molecule has 5 nitrogen and oxygen atoms in total. The Morgan fingerprint density at radius 3 is 2.48 bits per heavy atom. The van der Waals surface area contributed by atoms with Gasteiger partial charge in [-0.15, -0.1) is 0 Å². The molecule has 7 heteroatoms. The SMILES string of the molecule is CC[C@@H](Oc1ccc([C@@H]2CCOc3cc4c(cc3C2)CN(C2CCC2)[C@H](C(=O)O)C4)cc1)c1ccc(Cl)c(Cl)c1. The second kappa shape index (κ2) is 11.6. The van der Waals surface area contributed by atoms with Gasteiger partial charge in [0.15, 0.2) is 0 Å². The van der Waals surface area contributed by atoms with Crippen LogP contribution in [0.4, 0.5) is 0 Å². The molecule has 6 rings (SSSR count). The highest BCUT2D eigenvalue weighted by molar-refractivity contribution is 6.42. The van der Waals surface area contributed by atoms with Crippen molar-refractivity contribution in [2.45, 2.75) is 82.5 Å². The van der Waals surface area contributed by atoms with E-state index in [4.69, 9.17) is 32.7 Å². The van der Waals surface area contributed by atoms with Gasteiger partial charge in [0.05, 0.1) is 16.7 Å². The normalized spacial score (nSPS) is 21.8. The van der Waals surface area contributed by atoms with E-state index in [2.05, 4.69) is 48.2 Å². The number of halogens is 2. The van der Waals surface area contributed by atoms with Gasteiger partial charge in [-0.1, -0.05) is 60.8 Å². The van der Waals surface area contributed by atoms with Crippen molar-refractivity contribution < 1.29 is 19.4 Å². The summed E-state index contributed by atoms with van der Waals surface area (Å²) in [6.45, 7) is 3.44. The molecule has 40 heavy (non-hydrogen) atoms. The fraction of sp³-hybridized carbons (Fsp3) is 0.424. The first-order chi connectivity index (χ1) is 19.4. The Kier molecular flexibility index (Phi) is 7.98. The number of fused-ring (bicyclic) bond motifs is 2. The lowest BCUT2D eigenvalue weighted by Crippen LogP contribution is -2.52. The van der Waals surface area contributed by atoms with E-state index in [-0.39, 0.29) is 6.10 Å². The Hall–Kier alpha value is -2.73. The molecule has 2 aliphatic heterocycles. The summed E-state index contributed by atoms with van der Waals surface area (Å²) in [6, 6.07) is 18.4. The van der Waals surface area contributed by atoms with Crippen molar-refractivity contribution >= 4 is 29.2 Å². The Morgan fingerprint density at radius 2 is 1.80 bits per heavy atom. The summed E-state index contributed by atoms with van der Waals surface area (Å²) < 4.78 is 12.5. The van der Waals surface area contributed by atoms with Gasteiger partial charge in [-0.05, 0) is 103 Å². The fourth-order valence-corrected chi connectivity index (χ4v) is 6.66. The number of aliphatic carboxylic acids is 1. The number of nitrogens with zero attached hydrogens (tertiary/aromatic N) is 1. The number of rotatable bonds is 7. The highest BCUT2D eigenvalue weighted by atomic mass is 35.5. The molecule has 2 heterocycles. The zero-order valence-electron chi connectivity index (χ0n) is 22.7. The zero-order chi connectivity index (χ0) is 27.8. The van der Waals surface area contributed by atoms with E-state index >= 15 is 0 Å². The molecule has 0 unspecified atom stereocenters. The largest absolute Gasteiger partial charge is 0.493 e. The number of ether oxygens (including phenoxy) is 2. The third-order valence-electron chi connectivity index (χ3n) is 8.88. The highest BCUT2D eigenvalue weighted by Gasteiger charge is 2.38. The van der Waals surface area contributed by atoms with Crippen LogP contribution < -0.4 is 9.47 Å². The van der Waals surface area contributed by atoms with Crippen LogP contribution in [0.15, 0.2) is 54.6 Å². The summed E-state index contributed by atoms with van der Waals surface area (Å²) in [5.74, 6) is 1.35. The molecule has 0 radical (unpaired) electrons. The molecule has 210 valence electrons. The molecular weight excluding hydrogens is 545 g/mol. The van der Waals surface area contributed by atoms with Gasteiger partial charge in [0.25, 0.3) is 0 Å². The van der Waals surface area contributed by atoms with Gasteiger partial charge in [-0.25, -0.2) is 0 Å². The van der Waals surface area contributed by atoms with Crippen molar-refractivity contribution in [1.82, 2.24) is 4.90 Å². The van der Waals surface area contributed by atoms with Crippen molar-refractivity contribution in [3.05, 3.63) is 92.5 Å². The number of benzene rings is 3. The first kappa shape index (κ1) is 27.4. The van der Waals surface area contributed by atoms with Crippen molar-refractivity contribution in [3.8, 4) is 11.5 Å². The first-order valence-electron chi connectivity index (χ1n) is 14.4. The van der Waals surface area contributed by atoms with Gasteiger partial charge >= 0.3 is 5.97 Å². The molecule has 0 spiro atoms. The fourth-order valence-electron chi connectivity index (χ4n) is 6.36. The molecule has 0 aromatic heterocycles. The predicted molar refractivity (Wildman–Crippen MR) is 158 cm³/mol. The minimum absolute atomic E-state index is 0.106. The van der Waals surface area contributed by atoms with E-state index < -0.39 is 12.0 Å². The van der Waals surface area contributed by atoms with E-state index in [9.17, 15) is 9.90 Å². The van der Waals surface area contributed by atoms with Gasteiger partial charge in [-0.3, -0.25) is 9.69 Å². The molecule has 0 amide bonds. The molecule has 3 aliphatic rings. The van der Waals surface area contributed by atoms with Crippen LogP contribution in [0.3, 0.4) is 0 Å². The molecule has 1 saturated carbocycles. The summed E-state index contributed by atoms with van der Waals surface area (Å²) in [4.78, 5) is 14.3. The second-order valence-electron chi connectivity index (χ2n) is 11.3. The van der Waals surface area contributed by atoms with E-state index in [1.807, 2.05) is 18.2 Å². The van der Waals surface area contributed by atoms with Crippen LogP contribution in [0.5, 0.6) is 11.5 Å². The average Bonchev–Trinajstić information content (AvgIpc) is 3.13. The average molecular weight is 581 g/mol. The molecule has 3 atom stereocenters. The van der Waals surface area contributed by atoms with Crippen LogP contribution in [0.2, 0.25) is 10.0 Å². The molecule has 1 N–H and O–H groups in total. The molecular formula is C33H35Cl2NO4. The van der Waals surface area contributed by atoms with Crippen molar-refractivity contribution in [1.29, 1.82) is 0 Å². The minimum Gasteiger partial charge on any atom is -0.493 e. The molecule has 3 aromatic carbocycles. The van der Waals surface area contributed by atoms with Gasteiger partial charge in [0.1, 0.15) is 23.6 Å². The Bertz CT molecular complexity index is 1390. The Labute approximate surface area is 246 Å². The summed E-state index contributed by atoms with van der Waals surface area (Å²) >= 11 is 12.3. The maximum Gasteiger partial charge on any atom is 0.321 e. The van der Waals surface area contributed by atoms with Crippen LogP contribution >= 0.6 is 23.2 Å². The molecule has 3 aromatic rings. The topological polar surface area (TPSA) is 59.0 Å². The van der Waals surface area contributed by atoms with E-state index in [0.29, 0.717) is 41.6 Å². The third-order valence-corrected chi connectivity index (χ3v) is 9.62. The Balaban J connectivity index is 1.18. The summed E-state index contributed by atoms with van der Waals surface area (Å²) in [5, 5.41) is 11.0. The molecule has 0 saturated heterocycles. The maximum atomic E-state index is 12.1. The maximum absolute atomic E-state index is 12.1. The van der Waals surface area contributed by atoms with Crippen LogP contribution in [-0.4, -0.2) is 34.7 Å². The van der Waals surface area contributed by atoms with E-state index in [1.165, 1.54) is 23.1 Å². The number of carboxylic acids is 1. The van der Waals surface area contributed by atoms with Gasteiger partial charge in [0, 0.05) is 12.6 Å². The quantitative estimate of drug-likeness (QED) is 0.307. The predicted octanol–water partition coefficient (Wildman–Crippen LogP) is 8.00. The number of hydrogen-bond donors (Lipinski definition) is 1. The lowest BCUT2D eigenvalue weighted by atomic mass is 9.84. The number of carboxylic acid groups (broad SMARTS) is 1. The van der Waals surface area contributed by atoms with Gasteiger partial charge in [-0.2, -0.15) is 0 Å². The number of carbonyl (C=O) groups is 1. The third kappa shape index (κ3) is 5.57. The lowest BCUT2D eigenvalue weighted by molar-refractivity contribution is -0.146. The van der Waals surface area contributed by atoms with Crippen molar-refractivity contribution in [3.63, 3.8) is 0 Å². The van der Waals surface area contributed by atoms with Gasteiger partial charge < -0.3 is 14.6 Å². The van der Waals surface area contributed by atoms with Crippen LogP contribution in [0.1, 0.15) is 78.9 Å². The summed E-state index contributed by atoms with van der Waals surface area (Å²) in [7, 11) is 0. The van der Waals surface area contributed by atoms with Crippen LogP contribution in [0.25, 0.3) is 0 Å². The van der Waals surface area contributed by atoms with Crippen molar-refractivity contribution in [2.24, 2.45) is 0 Å². The smallest absolute Gasteiger partial charge is 0.321 e. The molecule has 1 fully saturated rings. The van der Waals surface area contributed by atoms with Crippen molar-refractivity contribution in [2.75, 3.05) is 6.61 Å². The van der Waals surface area contributed by atoms with E-state index in [1.54, 1.807) is 0 Å². The lowest BCUT2D eigenvalue weighted by Gasteiger charge is -2.44. The molecule has 1 aliphatic carbocycles. The van der Waals surface area contributed by atoms with E-state index in [0.717, 1.165) is 54.7 Å².